The number of carbonyl (C=O) groups excluding carboxylic acids is 1. The summed E-state index contributed by atoms with van der Waals surface area (Å²) in [6.45, 7) is 0.0103. The molecule has 0 bridgehead atoms. The number of nitro groups is 1. The first kappa shape index (κ1) is 25.5. The van der Waals surface area contributed by atoms with E-state index in [-0.39, 0.29) is 57.4 Å². The lowest BCUT2D eigenvalue weighted by atomic mass is 10.1. The quantitative estimate of drug-likeness (QED) is 0.233. The van der Waals surface area contributed by atoms with Gasteiger partial charge in [-0.15, -0.1) is 4.73 Å². The number of aromatic nitrogens is 2. The number of piperazine rings is 1. The van der Waals surface area contributed by atoms with Crippen molar-refractivity contribution in [1.82, 2.24) is 4.90 Å². The summed E-state index contributed by atoms with van der Waals surface area (Å²) in [7, 11) is 0. The third-order valence-electron chi connectivity index (χ3n) is 5.74. The molecule has 3 aromatic rings. The monoisotopic (exact) mass is 537 g/mol. The number of fused-ring (bicyclic) bond motifs is 1. The number of hydrogen-bond donors (Lipinski definition) is 1. The van der Waals surface area contributed by atoms with E-state index in [4.69, 9.17) is 11.6 Å². The first-order valence-corrected chi connectivity index (χ1v) is 10.8. The highest BCUT2D eigenvalue weighted by molar-refractivity contribution is 6.31. The van der Waals surface area contributed by atoms with Crippen molar-refractivity contribution < 1.29 is 32.3 Å². The molecule has 0 spiro atoms. The Morgan fingerprint density at radius 2 is 1.76 bits per heavy atom. The maximum absolute atomic E-state index is 13.0. The number of urea groups is 1. The molecule has 0 unspecified atom stereocenters. The lowest BCUT2D eigenvalue weighted by molar-refractivity contribution is -0.620. The summed E-state index contributed by atoms with van der Waals surface area (Å²) in [4.78, 5) is 26.0. The van der Waals surface area contributed by atoms with E-state index in [1.807, 2.05) is 0 Å². The van der Waals surface area contributed by atoms with Crippen molar-refractivity contribution in [2.45, 2.75) is 6.18 Å². The van der Waals surface area contributed by atoms with Crippen LogP contribution in [0.25, 0.3) is 11.0 Å². The number of nitrogens with one attached hydrogen (secondary N) is 1. The highest BCUT2D eigenvalue weighted by Gasteiger charge is 2.36. The Morgan fingerprint density at radius 3 is 2.35 bits per heavy atom. The molecule has 12 nitrogen and oxygen atoms in total. The van der Waals surface area contributed by atoms with Gasteiger partial charge in [0, 0.05) is 43.3 Å². The van der Waals surface area contributed by atoms with Crippen molar-refractivity contribution in [1.29, 1.82) is 5.26 Å². The Bertz CT molecular complexity index is 1470. The Hall–Kier alpha value is -4.58. The number of benzene rings is 2. The molecule has 0 aliphatic carbocycles. The van der Waals surface area contributed by atoms with Gasteiger partial charge in [-0.05, 0) is 24.3 Å². The van der Waals surface area contributed by atoms with Crippen molar-refractivity contribution in [2.24, 2.45) is 0 Å². The molecule has 1 N–H and O–H groups in total. The van der Waals surface area contributed by atoms with E-state index in [0.717, 1.165) is 12.1 Å². The molecule has 192 valence electrons. The van der Waals surface area contributed by atoms with Crippen LogP contribution in [0, 0.1) is 31.9 Å². The summed E-state index contributed by atoms with van der Waals surface area (Å²) in [5.41, 5.74) is -2.92. The summed E-state index contributed by atoms with van der Waals surface area (Å²) in [5, 5.41) is 48.7. The Balaban J connectivity index is 1.54. The minimum absolute atomic E-state index is 0.0225. The third kappa shape index (κ3) is 4.78. The molecule has 0 saturated carbocycles. The standard InChI is InChI=1S/C21H15ClF3N7O5/c22-13-2-4-15-16(10-13)30(34)18(11-26)19(31(15)35)27-20(33)29-7-5-28(6-8-29)14-3-1-12(21(23,24)25)9-17(14)32(36)37/h1-4,9-10H,5-8H2,(H,27,33). The summed E-state index contributed by atoms with van der Waals surface area (Å²) < 4.78 is 39.3. The number of hydrogen-bond acceptors (Lipinski definition) is 7. The second-order valence-electron chi connectivity index (χ2n) is 7.89. The molecule has 4 rings (SSSR count). The van der Waals surface area contributed by atoms with Crippen LogP contribution < -0.4 is 19.7 Å². The molecule has 2 heterocycles. The zero-order valence-electron chi connectivity index (χ0n) is 18.5. The van der Waals surface area contributed by atoms with Gasteiger partial charge in [0.25, 0.3) is 11.2 Å². The van der Waals surface area contributed by atoms with E-state index in [1.54, 1.807) is 6.07 Å². The Kier molecular flexibility index (Phi) is 6.53. The number of nitrogens with zero attached hydrogens (tertiary/aromatic N) is 6. The van der Waals surface area contributed by atoms with Crippen LogP contribution in [0.15, 0.2) is 36.4 Å². The summed E-state index contributed by atoms with van der Waals surface area (Å²) >= 11 is 5.86. The molecular weight excluding hydrogens is 523 g/mol. The van der Waals surface area contributed by atoms with Gasteiger partial charge in [-0.25, -0.2) is 9.52 Å². The second kappa shape index (κ2) is 9.47. The van der Waals surface area contributed by atoms with Gasteiger partial charge in [-0.1, -0.05) is 11.6 Å². The van der Waals surface area contributed by atoms with Crippen LogP contribution in [-0.2, 0) is 6.18 Å². The van der Waals surface area contributed by atoms with Crippen LogP contribution in [0.2, 0.25) is 5.02 Å². The fourth-order valence-corrected chi connectivity index (χ4v) is 4.08. The molecule has 0 atom stereocenters. The maximum atomic E-state index is 13.0. The fraction of sp³-hybridized carbons (Fsp3) is 0.238. The normalized spacial score (nSPS) is 13.9. The van der Waals surface area contributed by atoms with E-state index in [2.05, 4.69) is 5.32 Å². The number of halogens is 4. The van der Waals surface area contributed by atoms with E-state index in [0.29, 0.717) is 6.07 Å². The average Bonchev–Trinajstić information content (AvgIpc) is 2.86. The van der Waals surface area contributed by atoms with E-state index < -0.39 is 39.9 Å². The molecule has 37 heavy (non-hydrogen) atoms. The zero-order chi connectivity index (χ0) is 27.1. The van der Waals surface area contributed by atoms with Gasteiger partial charge in [-0.3, -0.25) is 10.1 Å². The third-order valence-corrected chi connectivity index (χ3v) is 5.98. The number of nitriles is 1. The number of amides is 2. The number of carbonyl (C=O) groups is 1. The van der Waals surface area contributed by atoms with Crippen LogP contribution >= 0.6 is 11.6 Å². The molecule has 1 fully saturated rings. The first-order valence-electron chi connectivity index (χ1n) is 10.5. The minimum atomic E-state index is -4.75. The highest BCUT2D eigenvalue weighted by atomic mass is 35.5. The van der Waals surface area contributed by atoms with Crippen molar-refractivity contribution in [2.75, 3.05) is 36.4 Å². The van der Waals surface area contributed by atoms with Crippen LogP contribution in [0.4, 0.5) is 35.2 Å². The number of rotatable bonds is 3. The summed E-state index contributed by atoms with van der Waals surface area (Å²) in [6, 6.07) is 6.77. The minimum Gasteiger partial charge on any atom is -0.710 e. The molecule has 1 aliphatic rings. The molecule has 1 aromatic heterocycles. The molecule has 2 amide bonds. The van der Waals surface area contributed by atoms with Crippen molar-refractivity contribution in [3.63, 3.8) is 0 Å². The molecule has 2 aromatic carbocycles. The fourth-order valence-electron chi connectivity index (χ4n) is 3.92. The van der Waals surface area contributed by atoms with Gasteiger partial charge in [0.2, 0.25) is 5.52 Å². The summed E-state index contributed by atoms with van der Waals surface area (Å²) in [6.07, 6.45) is -4.75. The molecule has 1 aliphatic heterocycles. The van der Waals surface area contributed by atoms with Gasteiger partial charge in [0.05, 0.1) is 10.5 Å². The van der Waals surface area contributed by atoms with Crippen LogP contribution in [0.1, 0.15) is 11.3 Å². The Morgan fingerprint density at radius 1 is 1.08 bits per heavy atom. The predicted octanol–water partition coefficient (Wildman–Crippen LogP) is 2.91. The number of nitro benzene ring substituents is 1. The second-order valence-corrected chi connectivity index (χ2v) is 8.33. The highest BCUT2D eigenvalue weighted by Crippen LogP contribution is 2.36. The molecule has 1 saturated heterocycles. The van der Waals surface area contributed by atoms with Crippen molar-refractivity contribution in [3.8, 4) is 6.07 Å². The predicted molar refractivity (Wildman–Crippen MR) is 122 cm³/mol. The largest absolute Gasteiger partial charge is 0.710 e. The average molecular weight is 538 g/mol. The SMILES string of the molecule is N#Cc1c(NC(=O)N2CCN(c3ccc(C(F)(F)F)cc3[N+](=O)[O-])CC2)[n+]([O-])c2ccc(Cl)cc2[n+]1[O-]. The van der Waals surface area contributed by atoms with Gasteiger partial charge < -0.3 is 20.2 Å². The number of anilines is 2. The first-order chi connectivity index (χ1) is 17.4. The van der Waals surface area contributed by atoms with Gasteiger partial charge >= 0.3 is 23.7 Å². The van der Waals surface area contributed by atoms with Crippen molar-refractivity contribution >= 4 is 45.9 Å². The lowest BCUT2D eigenvalue weighted by Crippen LogP contribution is -2.52. The van der Waals surface area contributed by atoms with Crippen LogP contribution in [-0.4, -0.2) is 42.0 Å². The van der Waals surface area contributed by atoms with Gasteiger partial charge in [0.15, 0.2) is 6.07 Å². The zero-order valence-corrected chi connectivity index (χ0v) is 19.3. The van der Waals surface area contributed by atoms with Gasteiger partial charge in [0.1, 0.15) is 5.69 Å². The molecule has 0 radical (unpaired) electrons. The van der Waals surface area contributed by atoms with Crippen LogP contribution in [0.3, 0.4) is 0 Å². The maximum Gasteiger partial charge on any atom is 0.416 e. The van der Waals surface area contributed by atoms with E-state index in [9.17, 15) is 43.8 Å². The van der Waals surface area contributed by atoms with E-state index >= 15 is 0 Å². The number of alkyl halides is 3. The Labute approximate surface area is 210 Å². The van der Waals surface area contributed by atoms with Crippen molar-refractivity contribution in [3.05, 3.63) is 73.2 Å². The molecule has 16 heteroatoms. The molecular formula is C21H15ClF3N7O5. The summed E-state index contributed by atoms with van der Waals surface area (Å²) in [5.74, 6) is -0.599. The smallest absolute Gasteiger partial charge is 0.416 e. The van der Waals surface area contributed by atoms with E-state index in [1.165, 1.54) is 28.0 Å². The van der Waals surface area contributed by atoms with Crippen LogP contribution in [0.5, 0.6) is 0 Å². The topological polar surface area (TPSA) is 156 Å². The van der Waals surface area contributed by atoms with Gasteiger partial charge in [-0.2, -0.15) is 23.7 Å². The lowest BCUT2D eigenvalue weighted by Gasteiger charge is -2.34.